The fourth-order valence-corrected chi connectivity index (χ4v) is 3.00. The molecule has 0 aliphatic heterocycles. The number of hydrogen-bond acceptors (Lipinski definition) is 4. The van der Waals surface area contributed by atoms with Crippen LogP contribution in [0.15, 0.2) is 48.5 Å². The van der Waals surface area contributed by atoms with Gasteiger partial charge in [0, 0.05) is 11.6 Å². The molecule has 0 saturated carbocycles. The molecule has 5 nitrogen and oxygen atoms in total. The Hall–Kier alpha value is -3.08. The molecule has 0 aliphatic carbocycles. The zero-order valence-electron chi connectivity index (χ0n) is 17.3. The summed E-state index contributed by atoms with van der Waals surface area (Å²) in [5.74, 6) is -0.797. The fraction of sp³-hybridized carbons (Fsp3) is 0.333. The summed E-state index contributed by atoms with van der Waals surface area (Å²) in [4.78, 5) is 2.39. The quantitative estimate of drug-likeness (QED) is 0.398. The molecule has 0 aliphatic rings. The van der Waals surface area contributed by atoms with E-state index in [9.17, 15) is 31.4 Å². The molecule has 1 aromatic heterocycles. The average Bonchev–Trinajstić information content (AvgIpc) is 3.08. The van der Waals surface area contributed by atoms with Crippen LogP contribution in [-0.2, 0) is 12.0 Å². The fourth-order valence-electron chi connectivity index (χ4n) is 3.00. The van der Waals surface area contributed by atoms with Crippen molar-refractivity contribution in [3.05, 3.63) is 59.9 Å². The number of aromatic nitrogens is 3. The van der Waals surface area contributed by atoms with E-state index in [1.165, 1.54) is 24.3 Å². The summed E-state index contributed by atoms with van der Waals surface area (Å²) in [6.07, 6.45) is -11.3. The smallest absolute Gasteiger partial charge is 0.467 e. The van der Waals surface area contributed by atoms with Gasteiger partial charge in [-0.05, 0) is 23.1 Å². The van der Waals surface area contributed by atoms with E-state index in [1.807, 2.05) is 20.8 Å². The Morgan fingerprint density at radius 1 is 0.906 bits per heavy atom. The molecule has 0 bridgehead atoms. The van der Waals surface area contributed by atoms with Crippen molar-refractivity contribution in [1.29, 1.82) is 0 Å². The minimum absolute atomic E-state index is 0.0374. The highest BCUT2D eigenvalue weighted by atomic mass is 19.4. The first-order valence-corrected chi connectivity index (χ1v) is 9.44. The van der Waals surface area contributed by atoms with Crippen LogP contribution >= 0.6 is 0 Å². The Kier molecular flexibility index (Phi) is 5.98. The Morgan fingerprint density at radius 2 is 1.50 bits per heavy atom. The van der Waals surface area contributed by atoms with Crippen LogP contribution in [0, 0.1) is 0 Å². The normalized spacial score (nSPS) is 13.1. The van der Waals surface area contributed by atoms with E-state index < -0.39 is 29.9 Å². The highest BCUT2D eigenvalue weighted by Gasteiger charge is 2.54. The Balaban J connectivity index is 2.11. The minimum atomic E-state index is -5.66. The Morgan fingerprint density at radius 3 is 2.00 bits per heavy atom. The minimum Gasteiger partial charge on any atom is -0.508 e. The highest BCUT2D eigenvalue weighted by molar-refractivity contribution is 5.59. The lowest BCUT2D eigenvalue weighted by molar-refractivity contribution is -0.377. The van der Waals surface area contributed by atoms with Gasteiger partial charge in [0.2, 0.25) is 0 Å². The van der Waals surface area contributed by atoms with Gasteiger partial charge in [0.15, 0.2) is 11.6 Å². The van der Waals surface area contributed by atoms with Gasteiger partial charge in [-0.25, -0.2) is 9.67 Å². The largest absolute Gasteiger partial charge is 0.508 e. The van der Waals surface area contributed by atoms with Gasteiger partial charge in [0.05, 0.1) is 12.2 Å². The molecule has 172 valence electrons. The number of alkyl halides is 6. The highest BCUT2D eigenvalue weighted by Crippen LogP contribution is 2.35. The van der Waals surface area contributed by atoms with Crippen molar-refractivity contribution in [3.8, 4) is 22.8 Å². The van der Waals surface area contributed by atoms with Gasteiger partial charge in [-0.3, -0.25) is 0 Å². The number of benzene rings is 2. The lowest BCUT2D eigenvalue weighted by Gasteiger charge is -2.25. The van der Waals surface area contributed by atoms with Crippen molar-refractivity contribution in [2.75, 3.05) is 0 Å². The molecule has 0 radical (unpaired) electrons. The second-order valence-electron chi connectivity index (χ2n) is 8.13. The number of phenolic OH excluding ortho intramolecular Hbond substituents is 1. The summed E-state index contributed by atoms with van der Waals surface area (Å²) in [5, 5.41) is 13.6. The van der Waals surface area contributed by atoms with Gasteiger partial charge in [0.1, 0.15) is 5.75 Å². The van der Waals surface area contributed by atoms with Crippen molar-refractivity contribution in [1.82, 2.24) is 19.7 Å². The van der Waals surface area contributed by atoms with E-state index in [4.69, 9.17) is 0 Å². The molecule has 0 unspecified atom stereocenters. The average molecular weight is 458 g/mol. The van der Waals surface area contributed by atoms with Crippen molar-refractivity contribution in [2.45, 2.75) is 45.3 Å². The third-order valence-electron chi connectivity index (χ3n) is 4.65. The maximum Gasteiger partial charge on any atom is 0.467 e. The number of phenols is 1. The first-order chi connectivity index (χ1) is 14.7. The first-order valence-electron chi connectivity index (χ1n) is 9.44. The van der Waals surface area contributed by atoms with Crippen LogP contribution in [0.25, 0.3) is 17.1 Å². The molecule has 0 atom stereocenters. The van der Waals surface area contributed by atoms with Gasteiger partial charge in [-0.1, -0.05) is 51.1 Å². The van der Waals surface area contributed by atoms with Gasteiger partial charge < -0.3 is 5.11 Å². The molecule has 3 rings (SSSR count). The van der Waals surface area contributed by atoms with Crippen LogP contribution in [0.3, 0.4) is 0 Å². The van der Waals surface area contributed by atoms with Gasteiger partial charge in [-0.15, -0.1) is 10.00 Å². The molecular weight excluding hydrogens is 438 g/mol. The summed E-state index contributed by atoms with van der Waals surface area (Å²) in [7, 11) is 0. The third-order valence-corrected chi connectivity index (χ3v) is 4.65. The van der Waals surface area contributed by atoms with E-state index in [1.54, 1.807) is 24.3 Å². The van der Waals surface area contributed by atoms with Gasteiger partial charge in [-0.2, -0.15) is 26.3 Å². The van der Waals surface area contributed by atoms with Crippen LogP contribution < -0.4 is 0 Å². The number of rotatable bonds is 4. The van der Waals surface area contributed by atoms with Gasteiger partial charge >= 0.3 is 12.6 Å². The van der Waals surface area contributed by atoms with Crippen LogP contribution in [-0.4, -0.2) is 37.4 Å². The van der Waals surface area contributed by atoms with Crippen molar-refractivity contribution in [3.63, 3.8) is 0 Å². The maximum atomic E-state index is 13.0. The van der Waals surface area contributed by atoms with Crippen LogP contribution in [0.5, 0.6) is 5.75 Å². The molecule has 3 aromatic rings. The molecular formula is C21H20F6N4O. The maximum absolute atomic E-state index is 13.0. The van der Waals surface area contributed by atoms with Crippen LogP contribution in [0.4, 0.5) is 26.3 Å². The second kappa shape index (κ2) is 8.12. The van der Waals surface area contributed by atoms with Crippen molar-refractivity contribution < 1.29 is 31.4 Å². The summed E-state index contributed by atoms with van der Waals surface area (Å²) < 4.78 is 79.0. The molecule has 0 saturated heterocycles. The Labute approximate surface area is 179 Å². The van der Waals surface area contributed by atoms with E-state index in [2.05, 4.69) is 10.1 Å². The molecule has 0 spiro atoms. The monoisotopic (exact) mass is 458 g/mol. The van der Waals surface area contributed by atoms with E-state index in [0.717, 1.165) is 10.2 Å². The number of hydrogen-bond donors (Lipinski definition) is 1. The van der Waals surface area contributed by atoms with Gasteiger partial charge in [0.25, 0.3) is 0 Å². The second-order valence-corrected chi connectivity index (χ2v) is 8.13. The summed E-state index contributed by atoms with van der Waals surface area (Å²) >= 11 is 0. The van der Waals surface area contributed by atoms with Crippen molar-refractivity contribution >= 4 is 0 Å². The molecule has 2 aromatic carbocycles. The molecule has 1 heterocycles. The molecule has 11 heteroatoms. The molecule has 32 heavy (non-hydrogen) atoms. The van der Waals surface area contributed by atoms with Crippen LogP contribution in [0.1, 0.15) is 32.2 Å². The zero-order valence-corrected chi connectivity index (χ0v) is 17.3. The summed E-state index contributed by atoms with van der Waals surface area (Å²) in [6, 6.07) is 12.5. The number of halogens is 6. The lowest BCUT2D eigenvalue weighted by Crippen LogP contribution is -2.47. The first kappa shape index (κ1) is 23.6. The van der Waals surface area contributed by atoms with E-state index in [0.29, 0.717) is 5.56 Å². The lowest BCUT2D eigenvalue weighted by atomic mass is 9.87. The molecule has 1 N–H and O–H groups in total. The predicted octanol–water partition coefficient (Wildman–Crippen LogP) is 5.78. The van der Waals surface area contributed by atoms with E-state index in [-0.39, 0.29) is 22.7 Å². The summed E-state index contributed by atoms with van der Waals surface area (Å²) in [5.41, 5.74) is 1.47. The van der Waals surface area contributed by atoms with Crippen molar-refractivity contribution in [2.24, 2.45) is 0 Å². The topological polar surface area (TPSA) is 54.2 Å². The molecule has 0 fully saturated rings. The zero-order chi connectivity index (χ0) is 23.9. The summed E-state index contributed by atoms with van der Waals surface area (Å²) in [6.45, 7) is 4.38. The SMILES string of the molecule is CC(C)(C)c1ccc(-c2nc(CN(C(F)(F)F)C(F)(F)F)nn2-c2cccc(O)c2)cc1. The predicted molar refractivity (Wildman–Crippen MR) is 105 cm³/mol. The standard InChI is InChI=1S/C21H20F6N4O/c1-19(2,3)14-9-7-13(8-10-14)18-28-17(12-30(20(22,23)24)21(25,26)27)29-31(18)15-5-4-6-16(32)11-15/h4-11,32H,12H2,1-3H3. The van der Waals surface area contributed by atoms with E-state index >= 15 is 0 Å². The third kappa shape index (κ3) is 5.21. The number of nitrogens with zero attached hydrogens (tertiary/aromatic N) is 4. The Bertz CT molecular complexity index is 1070. The number of aromatic hydroxyl groups is 1. The molecule has 0 amide bonds. The van der Waals surface area contributed by atoms with Crippen LogP contribution in [0.2, 0.25) is 0 Å².